The van der Waals surface area contributed by atoms with Crippen LogP contribution in [0.25, 0.3) is 0 Å². The van der Waals surface area contributed by atoms with E-state index in [1.54, 1.807) is 0 Å². The van der Waals surface area contributed by atoms with Crippen LogP contribution in [0, 0.1) is 11.7 Å². The summed E-state index contributed by atoms with van der Waals surface area (Å²) in [6.45, 7) is 13.4. The van der Waals surface area contributed by atoms with Gasteiger partial charge in [0.15, 0.2) is 5.96 Å². The highest BCUT2D eigenvalue weighted by atomic mass is 19.1. The van der Waals surface area contributed by atoms with Gasteiger partial charge in [-0.15, -0.1) is 0 Å². The summed E-state index contributed by atoms with van der Waals surface area (Å²) >= 11 is 0. The molecule has 2 atom stereocenters. The third-order valence-corrected chi connectivity index (χ3v) is 5.88. The Kier molecular flexibility index (Phi) is 8.70. The molecule has 0 radical (unpaired) electrons. The average Bonchev–Trinajstić information content (AvgIpc) is 3.22. The van der Waals surface area contributed by atoms with Crippen LogP contribution in [0.3, 0.4) is 0 Å². The van der Waals surface area contributed by atoms with Gasteiger partial charge in [0.05, 0.1) is 25.8 Å². The van der Waals surface area contributed by atoms with Gasteiger partial charge in [-0.2, -0.15) is 0 Å². The summed E-state index contributed by atoms with van der Waals surface area (Å²) in [5, 5.41) is 6.91. The number of likely N-dealkylation sites (tertiary alicyclic amines) is 1. The molecule has 3 rings (SSSR count). The summed E-state index contributed by atoms with van der Waals surface area (Å²) in [4.78, 5) is 9.78. The fourth-order valence-corrected chi connectivity index (χ4v) is 4.13. The maximum absolute atomic E-state index is 13.4. The first-order valence-electron chi connectivity index (χ1n) is 11.0. The topological polar surface area (TPSA) is 52.1 Å². The molecule has 29 heavy (non-hydrogen) atoms. The van der Waals surface area contributed by atoms with Gasteiger partial charge in [0.1, 0.15) is 5.82 Å². The van der Waals surface area contributed by atoms with Gasteiger partial charge < -0.3 is 20.3 Å². The van der Waals surface area contributed by atoms with Gasteiger partial charge in [-0.05, 0) is 50.0 Å². The Bertz CT molecular complexity index is 633. The van der Waals surface area contributed by atoms with Crippen molar-refractivity contribution in [1.82, 2.24) is 20.4 Å². The van der Waals surface area contributed by atoms with Gasteiger partial charge in [0, 0.05) is 32.7 Å². The number of nitrogens with zero attached hydrogens (tertiary/aromatic N) is 3. The second-order valence-corrected chi connectivity index (χ2v) is 7.86. The molecule has 2 aliphatic rings. The maximum atomic E-state index is 13.4. The Morgan fingerprint density at radius 2 is 1.93 bits per heavy atom. The molecule has 1 aromatic carbocycles. The second-order valence-electron chi connectivity index (χ2n) is 7.86. The zero-order chi connectivity index (χ0) is 20.5. The van der Waals surface area contributed by atoms with Crippen molar-refractivity contribution in [3.63, 3.8) is 0 Å². The number of hydrogen-bond donors (Lipinski definition) is 2. The fourth-order valence-electron chi connectivity index (χ4n) is 4.13. The van der Waals surface area contributed by atoms with E-state index < -0.39 is 0 Å². The molecule has 2 heterocycles. The SMILES string of the molecule is CCNC(=NCC(c1ccc(F)cc1)N1CCOCC1)NCC1CCN(CC)C1. The highest BCUT2D eigenvalue weighted by Crippen LogP contribution is 2.23. The number of aliphatic imine (C=N–C) groups is 1. The zero-order valence-electron chi connectivity index (χ0n) is 17.9. The van der Waals surface area contributed by atoms with Crippen LogP contribution in [0.15, 0.2) is 29.3 Å². The molecule has 162 valence electrons. The predicted octanol–water partition coefficient (Wildman–Crippen LogP) is 2.10. The van der Waals surface area contributed by atoms with E-state index in [0.717, 1.165) is 64.0 Å². The van der Waals surface area contributed by atoms with E-state index in [4.69, 9.17) is 9.73 Å². The van der Waals surface area contributed by atoms with Crippen molar-refractivity contribution in [3.8, 4) is 0 Å². The molecule has 2 N–H and O–H groups in total. The number of nitrogens with one attached hydrogen (secondary N) is 2. The van der Waals surface area contributed by atoms with Gasteiger partial charge >= 0.3 is 0 Å². The van der Waals surface area contributed by atoms with Crippen molar-refractivity contribution in [1.29, 1.82) is 0 Å². The van der Waals surface area contributed by atoms with Crippen LogP contribution in [0.4, 0.5) is 4.39 Å². The standard InChI is InChI=1S/C22H36FN5O/c1-3-24-22(25-15-18-9-10-27(4-2)17-18)26-16-21(28-11-13-29-14-12-28)19-5-7-20(23)8-6-19/h5-8,18,21H,3-4,9-17H2,1-2H3,(H2,24,25,26). The van der Waals surface area contributed by atoms with Crippen LogP contribution in [0.5, 0.6) is 0 Å². The minimum atomic E-state index is -0.203. The highest BCUT2D eigenvalue weighted by molar-refractivity contribution is 5.79. The number of halogens is 1. The highest BCUT2D eigenvalue weighted by Gasteiger charge is 2.23. The molecule has 0 bridgehead atoms. The van der Waals surface area contributed by atoms with Crippen molar-refractivity contribution in [3.05, 3.63) is 35.6 Å². The average molecular weight is 406 g/mol. The van der Waals surface area contributed by atoms with Crippen LogP contribution < -0.4 is 10.6 Å². The molecular formula is C22H36FN5O. The molecule has 2 fully saturated rings. The molecule has 0 aromatic heterocycles. The lowest BCUT2D eigenvalue weighted by atomic mass is 10.0. The van der Waals surface area contributed by atoms with Crippen molar-refractivity contribution in [2.45, 2.75) is 26.3 Å². The zero-order valence-corrected chi connectivity index (χ0v) is 17.9. The summed E-state index contributed by atoms with van der Waals surface area (Å²) in [5.41, 5.74) is 1.10. The van der Waals surface area contributed by atoms with E-state index in [0.29, 0.717) is 12.5 Å². The maximum Gasteiger partial charge on any atom is 0.191 e. The van der Waals surface area contributed by atoms with E-state index in [-0.39, 0.29) is 11.9 Å². The van der Waals surface area contributed by atoms with E-state index >= 15 is 0 Å². The molecule has 2 unspecified atom stereocenters. The second kappa shape index (κ2) is 11.5. The molecule has 6 nitrogen and oxygen atoms in total. The Labute approximate surface area is 174 Å². The van der Waals surface area contributed by atoms with E-state index in [9.17, 15) is 4.39 Å². The summed E-state index contributed by atoms with van der Waals surface area (Å²) < 4.78 is 18.9. The molecule has 0 amide bonds. The number of morpholine rings is 1. The third kappa shape index (κ3) is 6.66. The summed E-state index contributed by atoms with van der Waals surface area (Å²) in [7, 11) is 0. The van der Waals surface area contributed by atoms with Crippen molar-refractivity contribution < 1.29 is 9.13 Å². The molecular weight excluding hydrogens is 369 g/mol. The normalized spacial score (nSPS) is 22.6. The Morgan fingerprint density at radius 1 is 1.17 bits per heavy atom. The summed E-state index contributed by atoms with van der Waals surface area (Å²) in [6, 6.07) is 6.95. The fraction of sp³-hybridized carbons (Fsp3) is 0.682. The van der Waals surface area contributed by atoms with Gasteiger partial charge in [-0.3, -0.25) is 9.89 Å². The molecule has 0 saturated carbocycles. The lowest BCUT2D eigenvalue weighted by Crippen LogP contribution is -2.42. The number of ether oxygens (including phenoxy) is 1. The third-order valence-electron chi connectivity index (χ3n) is 5.88. The summed E-state index contributed by atoms with van der Waals surface area (Å²) in [5.74, 6) is 1.33. The van der Waals surface area contributed by atoms with Crippen LogP contribution in [-0.2, 0) is 4.74 Å². The lowest BCUT2D eigenvalue weighted by molar-refractivity contribution is 0.0179. The van der Waals surface area contributed by atoms with Gasteiger partial charge in [0.25, 0.3) is 0 Å². The monoisotopic (exact) mass is 405 g/mol. The molecule has 0 spiro atoms. The smallest absolute Gasteiger partial charge is 0.191 e. The summed E-state index contributed by atoms with van der Waals surface area (Å²) in [6.07, 6.45) is 1.24. The van der Waals surface area contributed by atoms with Gasteiger partial charge in [-0.1, -0.05) is 19.1 Å². The molecule has 2 saturated heterocycles. The van der Waals surface area contributed by atoms with Gasteiger partial charge in [-0.25, -0.2) is 4.39 Å². The molecule has 1 aromatic rings. The van der Waals surface area contributed by atoms with Crippen LogP contribution in [0.2, 0.25) is 0 Å². The number of benzene rings is 1. The first-order chi connectivity index (χ1) is 14.2. The number of guanidine groups is 1. The van der Waals surface area contributed by atoms with Crippen molar-refractivity contribution in [2.75, 3.05) is 65.6 Å². The van der Waals surface area contributed by atoms with Crippen LogP contribution in [0.1, 0.15) is 31.9 Å². The van der Waals surface area contributed by atoms with Gasteiger partial charge in [0.2, 0.25) is 0 Å². The Morgan fingerprint density at radius 3 is 2.59 bits per heavy atom. The Hall–Kier alpha value is -1.70. The first-order valence-corrected chi connectivity index (χ1v) is 11.0. The number of rotatable bonds is 8. The van der Waals surface area contributed by atoms with Crippen LogP contribution >= 0.6 is 0 Å². The van der Waals surface area contributed by atoms with E-state index in [1.165, 1.54) is 25.1 Å². The van der Waals surface area contributed by atoms with E-state index in [2.05, 4.69) is 34.3 Å². The molecule has 7 heteroatoms. The lowest BCUT2D eigenvalue weighted by Gasteiger charge is -2.34. The Balaban J connectivity index is 1.64. The largest absolute Gasteiger partial charge is 0.379 e. The minimum Gasteiger partial charge on any atom is -0.379 e. The molecule has 2 aliphatic heterocycles. The first kappa shape index (κ1) is 22.0. The molecule has 0 aliphatic carbocycles. The minimum absolute atomic E-state index is 0.122. The quantitative estimate of drug-likeness (QED) is 0.512. The van der Waals surface area contributed by atoms with E-state index in [1.807, 2.05) is 12.1 Å². The predicted molar refractivity (Wildman–Crippen MR) is 116 cm³/mol. The van der Waals surface area contributed by atoms with Crippen molar-refractivity contribution in [2.24, 2.45) is 10.9 Å². The number of hydrogen-bond acceptors (Lipinski definition) is 4. The van der Waals surface area contributed by atoms with Crippen LogP contribution in [-0.4, -0.2) is 81.3 Å². The van der Waals surface area contributed by atoms with Crippen molar-refractivity contribution >= 4 is 5.96 Å².